The molecule has 0 saturated heterocycles. The van der Waals surface area contributed by atoms with Crippen LogP contribution >= 0.6 is 0 Å². The van der Waals surface area contributed by atoms with Crippen LogP contribution in [0.15, 0.2) is 223 Å². The number of nitrogens with zero attached hydrogens (tertiary/aromatic N) is 2. The smallest absolute Gasteiger partial charge is 0.143 e. The zero-order chi connectivity index (χ0) is 40.0. The first-order valence-electron chi connectivity index (χ1n) is 20.9. The third kappa shape index (κ3) is 5.24. The van der Waals surface area contributed by atoms with Crippen LogP contribution in [0.25, 0.3) is 104 Å². The Kier molecular flexibility index (Phi) is 7.31. The molecule has 0 aliphatic heterocycles. The standard InChI is InChI=1S/C58H36N2O/c1-2-13-37(14-3-1)39-19-12-20-43(31-39)60-54-30-27-44(35-53(54)52-32-40-16-4-5-17-41(40)33-56(52)60)59(55-34-42-18-7-8-21-46(42)48-23-10-11-24-49(48)55)45-26-29-50-51-28-25-38-15-6-9-22-47(38)58(51)61-57(50)36-45/h1-36H. The van der Waals surface area contributed by atoms with E-state index in [4.69, 9.17) is 4.42 Å². The molecule has 0 bridgehead atoms. The molecule has 0 fully saturated rings. The van der Waals surface area contributed by atoms with Crippen LogP contribution < -0.4 is 4.90 Å². The summed E-state index contributed by atoms with van der Waals surface area (Å²) in [5.74, 6) is 0. The molecule has 3 heteroatoms. The number of aromatic nitrogens is 1. The first-order valence-corrected chi connectivity index (χ1v) is 20.9. The normalized spacial score (nSPS) is 11.9. The number of furan rings is 1. The van der Waals surface area contributed by atoms with Crippen LogP contribution in [-0.4, -0.2) is 4.57 Å². The molecule has 13 rings (SSSR count). The Morgan fingerprint density at radius 2 is 0.967 bits per heavy atom. The van der Waals surface area contributed by atoms with E-state index in [-0.39, 0.29) is 0 Å². The first-order chi connectivity index (χ1) is 30.2. The SMILES string of the molecule is c1ccc(-c2cccc(-n3c4ccc(N(c5ccc6c(c5)oc5c7ccccc7ccc65)c5cc6ccccc6c6ccccc56)cc4c4cc5ccccc5cc43)c2)cc1. The van der Waals surface area contributed by atoms with Gasteiger partial charge in [-0.25, -0.2) is 0 Å². The summed E-state index contributed by atoms with van der Waals surface area (Å²) in [7, 11) is 0. The molecule has 2 aromatic heterocycles. The number of hydrogen-bond donors (Lipinski definition) is 0. The van der Waals surface area contributed by atoms with E-state index >= 15 is 0 Å². The summed E-state index contributed by atoms with van der Waals surface area (Å²) in [4.78, 5) is 2.43. The van der Waals surface area contributed by atoms with E-state index in [0.29, 0.717) is 0 Å². The van der Waals surface area contributed by atoms with Gasteiger partial charge in [-0.05, 0) is 110 Å². The first kappa shape index (κ1) is 33.8. The van der Waals surface area contributed by atoms with Gasteiger partial charge >= 0.3 is 0 Å². The average molecular weight is 777 g/mol. The lowest BCUT2D eigenvalue weighted by Crippen LogP contribution is -2.10. The zero-order valence-corrected chi connectivity index (χ0v) is 33.1. The van der Waals surface area contributed by atoms with Crippen molar-refractivity contribution in [1.29, 1.82) is 0 Å². The Labute approximate surface area is 351 Å². The maximum atomic E-state index is 6.82. The summed E-state index contributed by atoms with van der Waals surface area (Å²) in [6.45, 7) is 0. The maximum absolute atomic E-state index is 6.82. The van der Waals surface area contributed by atoms with E-state index in [0.717, 1.165) is 55.6 Å². The van der Waals surface area contributed by atoms with Crippen LogP contribution in [0.3, 0.4) is 0 Å². The number of anilines is 3. The van der Waals surface area contributed by atoms with Gasteiger partial charge in [-0.15, -0.1) is 0 Å². The van der Waals surface area contributed by atoms with E-state index < -0.39 is 0 Å². The second kappa shape index (κ2) is 13.2. The van der Waals surface area contributed by atoms with Crippen molar-refractivity contribution in [3.8, 4) is 16.8 Å². The second-order valence-electron chi connectivity index (χ2n) is 16.1. The van der Waals surface area contributed by atoms with Gasteiger partial charge in [0.1, 0.15) is 11.2 Å². The van der Waals surface area contributed by atoms with Crippen molar-refractivity contribution in [2.45, 2.75) is 0 Å². The summed E-state index contributed by atoms with van der Waals surface area (Å²) in [6, 6.07) is 79.4. The van der Waals surface area contributed by atoms with Gasteiger partial charge in [-0.3, -0.25) is 0 Å². The Hall–Kier alpha value is -8.14. The molecule has 284 valence electrons. The molecule has 0 saturated carbocycles. The van der Waals surface area contributed by atoms with Gasteiger partial charge < -0.3 is 13.9 Å². The highest BCUT2D eigenvalue weighted by molar-refractivity contribution is 6.19. The zero-order valence-electron chi connectivity index (χ0n) is 33.1. The number of fused-ring (bicyclic) bond motifs is 12. The van der Waals surface area contributed by atoms with E-state index in [2.05, 4.69) is 228 Å². The lowest BCUT2D eigenvalue weighted by Gasteiger charge is -2.28. The van der Waals surface area contributed by atoms with Crippen molar-refractivity contribution >= 4 is 104 Å². The van der Waals surface area contributed by atoms with Crippen molar-refractivity contribution in [2.75, 3.05) is 4.90 Å². The van der Waals surface area contributed by atoms with Gasteiger partial charge in [0, 0.05) is 55.4 Å². The Balaban J connectivity index is 1.09. The van der Waals surface area contributed by atoms with Crippen molar-refractivity contribution in [2.24, 2.45) is 0 Å². The van der Waals surface area contributed by atoms with Gasteiger partial charge in [-0.2, -0.15) is 0 Å². The maximum Gasteiger partial charge on any atom is 0.143 e. The minimum Gasteiger partial charge on any atom is -0.455 e. The predicted octanol–water partition coefficient (Wildman–Crippen LogP) is 16.4. The van der Waals surface area contributed by atoms with Crippen LogP contribution in [0, 0.1) is 0 Å². The minimum absolute atomic E-state index is 0.862. The van der Waals surface area contributed by atoms with E-state index in [1.54, 1.807) is 0 Å². The highest BCUT2D eigenvalue weighted by Crippen LogP contribution is 2.46. The van der Waals surface area contributed by atoms with Crippen LogP contribution in [0.4, 0.5) is 17.1 Å². The molecule has 0 aliphatic rings. The fourth-order valence-corrected chi connectivity index (χ4v) is 9.84. The molecule has 0 radical (unpaired) electrons. The van der Waals surface area contributed by atoms with Crippen LogP contribution in [-0.2, 0) is 0 Å². The summed E-state index contributed by atoms with van der Waals surface area (Å²) >= 11 is 0. The molecule has 0 unspecified atom stereocenters. The average Bonchev–Trinajstić information content (AvgIpc) is 3.86. The van der Waals surface area contributed by atoms with Gasteiger partial charge in [0.15, 0.2) is 0 Å². The van der Waals surface area contributed by atoms with Crippen molar-refractivity contribution < 1.29 is 4.42 Å². The van der Waals surface area contributed by atoms with Crippen molar-refractivity contribution in [3.05, 3.63) is 218 Å². The molecule has 0 aliphatic carbocycles. The molecule has 0 N–H and O–H groups in total. The molecule has 0 amide bonds. The lowest BCUT2D eigenvalue weighted by molar-refractivity contribution is 0.673. The van der Waals surface area contributed by atoms with E-state index in [1.807, 2.05) is 0 Å². The van der Waals surface area contributed by atoms with Crippen LogP contribution in [0.2, 0.25) is 0 Å². The second-order valence-corrected chi connectivity index (χ2v) is 16.1. The fourth-order valence-electron chi connectivity index (χ4n) is 9.84. The largest absolute Gasteiger partial charge is 0.455 e. The molecule has 11 aromatic carbocycles. The molecule has 61 heavy (non-hydrogen) atoms. The van der Waals surface area contributed by atoms with Gasteiger partial charge in [0.05, 0.1) is 16.7 Å². The third-order valence-electron chi connectivity index (χ3n) is 12.7. The highest BCUT2D eigenvalue weighted by atomic mass is 16.3. The molecule has 0 atom stereocenters. The molecule has 3 nitrogen and oxygen atoms in total. The molecule has 0 spiro atoms. The van der Waals surface area contributed by atoms with Gasteiger partial charge in [0.25, 0.3) is 0 Å². The van der Waals surface area contributed by atoms with Gasteiger partial charge in [-0.1, -0.05) is 146 Å². The Morgan fingerprint density at radius 1 is 0.328 bits per heavy atom. The minimum atomic E-state index is 0.862. The quantitative estimate of drug-likeness (QED) is 0.162. The summed E-state index contributed by atoms with van der Waals surface area (Å²) in [6.07, 6.45) is 0. The van der Waals surface area contributed by atoms with Gasteiger partial charge in [0.2, 0.25) is 0 Å². The monoisotopic (exact) mass is 776 g/mol. The summed E-state index contributed by atoms with van der Waals surface area (Å²) in [5, 5.41) is 14.2. The number of rotatable bonds is 5. The topological polar surface area (TPSA) is 21.3 Å². The van der Waals surface area contributed by atoms with Crippen LogP contribution in [0.5, 0.6) is 0 Å². The predicted molar refractivity (Wildman–Crippen MR) is 258 cm³/mol. The summed E-state index contributed by atoms with van der Waals surface area (Å²) in [5.41, 5.74) is 10.8. The molecular weight excluding hydrogens is 741 g/mol. The van der Waals surface area contributed by atoms with E-state index in [1.165, 1.54) is 65.1 Å². The van der Waals surface area contributed by atoms with Crippen molar-refractivity contribution in [1.82, 2.24) is 4.57 Å². The van der Waals surface area contributed by atoms with Crippen LogP contribution in [0.1, 0.15) is 0 Å². The summed E-state index contributed by atoms with van der Waals surface area (Å²) < 4.78 is 9.26. The fraction of sp³-hybridized carbons (Fsp3) is 0. The molecule has 2 heterocycles. The van der Waals surface area contributed by atoms with E-state index in [9.17, 15) is 0 Å². The number of benzene rings is 11. The Bertz CT molecular complexity index is 3890. The Morgan fingerprint density at radius 3 is 1.82 bits per heavy atom. The van der Waals surface area contributed by atoms with Crippen molar-refractivity contribution in [3.63, 3.8) is 0 Å². The number of hydrogen-bond acceptors (Lipinski definition) is 2. The molecule has 13 aromatic rings. The lowest BCUT2D eigenvalue weighted by atomic mass is 9.98. The highest BCUT2D eigenvalue weighted by Gasteiger charge is 2.22. The molecular formula is C58H36N2O. The third-order valence-corrected chi connectivity index (χ3v) is 12.7.